The Bertz CT molecular complexity index is 653. The highest BCUT2D eigenvalue weighted by Gasteiger charge is 2.06. The van der Waals surface area contributed by atoms with Crippen molar-refractivity contribution in [2.24, 2.45) is 0 Å². The summed E-state index contributed by atoms with van der Waals surface area (Å²) < 4.78 is 12.8. The molecule has 3 aromatic rings. The topological polar surface area (TPSA) is 25.8 Å². The number of pyridine rings is 1. The Labute approximate surface area is 124 Å². The zero-order valence-electron chi connectivity index (χ0n) is 9.79. The van der Waals surface area contributed by atoms with Gasteiger partial charge in [-0.15, -0.1) is 28.3 Å². The molecule has 19 heavy (non-hydrogen) atoms. The van der Waals surface area contributed by atoms with Crippen LogP contribution in [0, 0.1) is 5.82 Å². The molecule has 0 aliphatic carbocycles. The second kappa shape index (κ2) is 6.04. The van der Waals surface area contributed by atoms with Crippen molar-refractivity contribution in [1.82, 2.24) is 9.97 Å². The van der Waals surface area contributed by atoms with E-state index in [2.05, 4.69) is 9.97 Å². The second-order valence-corrected chi connectivity index (χ2v) is 4.64. The largest absolute Gasteiger partial charge is 0.264 e. The molecule has 0 aliphatic heterocycles. The number of halogens is 2. The van der Waals surface area contributed by atoms with Gasteiger partial charge in [0.05, 0.1) is 5.69 Å². The Hall–Kier alpha value is -1.59. The molecule has 0 atom stereocenters. The minimum atomic E-state index is -0.235. The van der Waals surface area contributed by atoms with Crippen LogP contribution >= 0.6 is 28.3 Å². The molecule has 2 nitrogen and oxygen atoms in total. The Morgan fingerprint density at radius 1 is 1.00 bits per heavy atom. The van der Waals surface area contributed by atoms with Crippen LogP contribution in [-0.4, -0.2) is 9.97 Å². The first-order valence-electron chi connectivity index (χ1n) is 5.45. The summed E-state index contributed by atoms with van der Waals surface area (Å²) in [5.41, 5.74) is 2.78. The fourth-order valence-corrected chi connectivity index (χ4v) is 2.47. The van der Waals surface area contributed by atoms with E-state index < -0.39 is 0 Å². The molecule has 0 saturated carbocycles. The van der Waals surface area contributed by atoms with Crippen molar-refractivity contribution in [1.29, 1.82) is 0 Å². The van der Waals surface area contributed by atoms with E-state index in [1.165, 1.54) is 12.1 Å². The Kier molecular flexibility index (Phi) is 4.39. The van der Waals surface area contributed by atoms with Crippen molar-refractivity contribution in [3.63, 3.8) is 0 Å². The lowest BCUT2D eigenvalue weighted by molar-refractivity contribution is 0.628. The molecular weight excluding hydrogens is 327 g/mol. The van der Waals surface area contributed by atoms with Crippen molar-refractivity contribution < 1.29 is 4.39 Å². The average Bonchev–Trinajstić information content (AvgIpc) is 2.90. The van der Waals surface area contributed by atoms with E-state index in [9.17, 15) is 4.39 Å². The standard InChI is InChI=1S/C14H9FN2S.BrH/c15-12-5-3-10(4-6-12)13-9-18-14(17-13)11-2-1-7-16-8-11;/h1-9H;1H. The average molecular weight is 337 g/mol. The van der Waals surface area contributed by atoms with E-state index in [0.717, 1.165) is 21.8 Å². The molecule has 0 N–H and O–H groups in total. The molecule has 0 fully saturated rings. The first-order valence-corrected chi connectivity index (χ1v) is 6.33. The molecule has 0 saturated heterocycles. The molecule has 2 aromatic heterocycles. The number of nitrogens with zero attached hydrogens (tertiary/aromatic N) is 2. The molecule has 0 spiro atoms. The van der Waals surface area contributed by atoms with Crippen LogP contribution in [0.5, 0.6) is 0 Å². The van der Waals surface area contributed by atoms with Crippen LogP contribution in [0.1, 0.15) is 0 Å². The highest BCUT2D eigenvalue weighted by molar-refractivity contribution is 8.93. The lowest BCUT2D eigenvalue weighted by Crippen LogP contribution is -1.81. The zero-order chi connectivity index (χ0) is 12.4. The van der Waals surface area contributed by atoms with E-state index in [1.807, 2.05) is 17.5 Å². The number of benzene rings is 1. The van der Waals surface area contributed by atoms with E-state index >= 15 is 0 Å². The SMILES string of the molecule is Br.Fc1ccc(-c2csc(-c3cccnc3)n2)cc1. The molecule has 0 bridgehead atoms. The minimum absolute atomic E-state index is 0. The predicted molar refractivity (Wildman–Crippen MR) is 81.1 cm³/mol. The second-order valence-electron chi connectivity index (χ2n) is 3.79. The lowest BCUT2D eigenvalue weighted by atomic mass is 10.2. The summed E-state index contributed by atoms with van der Waals surface area (Å²) >= 11 is 1.56. The molecule has 0 unspecified atom stereocenters. The number of aromatic nitrogens is 2. The number of hydrogen-bond acceptors (Lipinski definition) is 3. The van der Waals surface area contributed by atoms with Gasteiger partial charge in [-0.05, 0) is 36.4 Å². The molecule has 2 heterocycles. The van der Waals surface area contributed by atoms with Gasteiger partial charge in [0.15, 0.2) is 0 Å². The summed E-state index contributed by atoms with van der Waals surface area (Å²) in [6.07, 6.45) is 3.52. The molecule has 96 valence electrons. The third kappa shape index (κ3) is 3.05. The maximum absolute atomic E-state index is 12.8. The molecule has 0 aliphatic rings. The minimum Gasteiger partial charge on any atom is -0.264 e. The first kappa shape index (κ1) is 13.8. The van der Waals surface area contributed by atoms with Crippen molar-refractivity contribution in [2.45, 2.75) is 0 Å². The smallest absolute Gasteiger partial charge is 0.125 e. The van der Waals surface area contributed by atoms with Crippen LogP contribution in [0.25, 0.3) is 21.8 Å². The van der Waals surface area contributed by atoms with Crippen LogP contribution in [0.2, 0.25) is 0 Å². The van der Waals surface area contributed by atoms with Gasteiger partial charge in [-0.1, -0.05) is 0 Å². The number of thiazole rings is 1. The first-order chi connectivity index (χ1) is 8.83. The Morgan fingerprint density at radius 2 is 1.79 bits per heavy atom. The van der Waals surface area contributed by atoms with Gasteiger partial charge in [-0.3, -0.25) is 4.98 Å². The lowest BCUT2D eigenvalue weighted by Gasteiger charge is -1.96. The van der Waals surface area contributed by atoms with Crippen molar-refractivity contribution >= 4 is 28.3 Å². The van der Waals surface area contributed by atoms with Crippen molar-refractivity contribution in [2.75, 3.05) is 0 Å². The monoisotopic (exact) mass is 336 g/mol. The van der Waals surface area contributed by atoms with Crippen LogP contribution in [-0.2, 0) is 0 Å². The molecule has 1 aromatic carbocycles. The maximum Gasteiger partial charge on any atom is 0.125 e. The number of hydrogen-bond donors (Lipinski definition) is 0. The fourth-order valence-electron chi connectivity index (χ4n) is 1.65. The summed E-state index contributed by atoms with van der Waals surface area (Å²) in [5, 5.41) is 2.89. The van der Waals surface area contributed by atoms with Crippen LogP contribution in [0.4, 0.5) is 4.39 Å². The van der Waals surface area contributed by atoms with Crippen molar-refractivity contribution in [3.8, 4) is 21.8 Å². The summed E-state index contributed by atoms with van der Waals surface area (Å²) in [7, 11) is 0. The van der Waals surface area contributed by atoms with Gasteiger partial charge < -0.3 is 0 Å². The van der Waals surface area contributed by atoms with Crippen molar-refractivity contribution in [3.05, 3.63) is 60.0 Å². The Morgan fingerprint density at radius 3 is 2.47 bits per heavy atom. The maximum atomic E-state index is 12.8. The van der Waals surface area contributed by atoms with Gasteiger partial charge in [0.2, 0.25) is 0 Å². The quantitative estimate of drug-likeness (QED) is 0.684. The van der Waals surface area contributed by atoms with E-state index in [1.54, 1.807) is 35.9 Å². The summed E-state index contributed by atoms with van der Waals surface area (Å²) in [6.45, 7) is 0. The molecule has 3 rings (SSSR count). The zero-order valence-corrected chi connectivity index (χ0v) is 12.3. The molecule has 0 radical (unpaired) electrons. The van der Waals surface area contributed by atoms with Gasteiger partial charge in [-0.2, -0.15) is 0 Å². The molecular formula is C14H10BrFN2S. The highest BCUT2D eigenvalue weighted by Crippen LogP contribution is 2.28. The van der Waals surface area contributed by atoms with Gasteiger partial charge >= 0.3 is 0 Å². The van der Waals surface area contributed by atoms with Gasteiger partial charge in [0.25, 0.3) is 0 Å². The third-order valence-electron chi connectivity index (χ3n) is 2.55. The van der Waals surface area contributed by atoms with Crippen LogP contribution in [0.15, 0.2) is 54.2 Å². The highest BCUT2D eigenvalue weighted by atomic mass is 79.9. The van der Waals surface area contributed by atoms with E-state index in [4.69, 9.17) is 0 Å². The molecule has 0 amide bonds. The Balaban J connectivity index is 0.00000133. The molecule has 5 heteroatoms. The normalized spacial score (nSPS) is 9.95. The van der Waals surface area contributed by atoms with Crippen LogP contribution in [0.3, 0.4) is 0 Å². The van der Waals surface area contributed by atoms with Crippen LogP contribution < -0.4 is 0 Å². The third-order valence-corrected chi connectivity index (χ3v) is 3.44. The summed E-state index contributed by atoms with van der Waals surface area (Å²) in [4.78, 5) is 8.61. The summed E-state index contributed by atoms with van der Waals surface area (Å²) in [6, 6.07) is 10.2. The van der Waals surface area contributed by atoms with E-state index in [-0.39, 0.29) is 22.8 Å². The predicted octanol–water partition coefficient (Wildman–Crippen LogP) is 4.59. The van der Waals surface area contributed by atoms with E-state index in [0.29, 0.717) is 0 Å². The van der Waals surface area contributed by atoms with Gasteiger partial charge in [0, 0.05) is 28.9 Å². The fraction of sp³-hybridized carbons (Fsp3) is 0. The number of rotatable bonds is 2. The van der Waals surface area contributed by atoms with Gasteiger partial charge in [-0.25, -0.2) is 9.37 Å². The van der Waals surface area contributed by atoms with Gasteiger partial charge in [0.1, 0.15) is 10.8 Å². The summed E-state index contributed by atoms with van der Waals surface area (Å²) in [5.74, 6) is -0.235.